The van der Waals surface area contributed by atoms with Gasteiger partial charge in [0.2, 0.25) is 0 Å². The van der Waals surface area contributed by atoms with E-state index in [2.05, 4.69) is 55.8 Å². The fourth-order valence-electron chi connectivity index (χ4n) is 3.20. The summed E-state index contributed by atoms with van der Waals surface area (Å²) in [6.45, 7) is 15.1. The molecule has 1 fully saturated rings. The summed E-state index contributed by atoms with van der Waals surface area (Å²) < 4.78 is 13.7. The molecule has 1 aromatic heterocycles. The number of nitrogens with zero attached hydrogens (tertiary/aromatic N) is 4. The van der Waals surface area contributed by atoms with Crippen LogP contribution in [0.25, 0.3) is 10.4 Å². The van der Waals surface area contributed by atoms with Crippen molar-refractivity contribution < 1.29 is 9.16 Å². The van der Waals surface area contributed by atoms with Gasteiger partial charge in [0.25, 0.3) is 5.56 Å². The van der Waals surface area contributed by atoms with Crippen LogP contribution in [0, 0.1) is 12.8 Å². The van der Waals surface area contributed by atoms with Crippen LogP contribution in [0.3, 0.4) is 0 Å². The van der Waals surface area contributed by atoms with Crippen molar-refractivity contribution >= 4 is 8.32 Å². The number of nitrogens with one attached hydrogen (secondary N) is 1. The molecule has 1 aliphatic heterocycles. The molecule has 28 heavy (non-hydrogen) atoms. The summed E-state index contributed by atoms with van der Waals surface area (Å²) in [4.78, 5) is 29.0. The van der Waals surface area contributed by atoms with Crippen molar-refractivity contribution in [2.45, 2.75) is 77.5 Å². The van der Waals surface area contributed by atoms with Gasteiger partial charge in [-0.3, -0.25) is 14.3 Å². The molecular weight excluding hydrogens is 378 g/mol. The zero-order valence-corrected chi connectivity index (χ0v) is 18.7. The van der Waals surface area contributed by atoms with Gasteiger partial charge in [-0.2, -0.15) is 0 Å². The molecule has 1 saturated heterocycles. The lowest BCUT2D eigenvalue weighted by Gasteiger charge is -2.43. The third-order valence-corrected chi connectivity index (χ3v) is 11.0. The van der Waals surface area contributed by atoms with E-state index in [4.69, 9.17) is 14.7 Å². The molecule has 156 valence electrons. The Balaban J connectivity index is 2.21. The minimum atomic E-state index is -2.07. The number of H-pyrrole nitrogens is 1. The van der Waals surface area contributed by atoms with Crippen molar-refractivity contribution in [1.82, 2.24) is 9.55 Å². The molecule has 2 rings (SSSR count). The highest BCUT2D eigenvalue weighted by Gasteiger charge is 2.45. The third-order valence-electron chi connectivity index (χ3n) is 6.46. The molecule has 10 heteroatoms. The largest absolute Gasteiger partial charge is 0.414 e. The molecule has 0 radical (unpaired) electrons. The molecule has 0 aliphatic carbocycles. The van der Waals surface area contributed by atoms with Gasteiger partial charge in [0.05, 0.1) is 18.8 Å². The van der Waals surface area contributed by atoms with E-state index in [9.17, 15) is 9.59 Å². The summed E-state index contributed by atoms with van der Waals surface area (Å²) in [5, 5.41) is 3.90. The molecule has 1 N–H and O–H groups in total. The number of hydrogen-bond acceptors (Lipinski definition) is 5. The molecule has 1 aliphatic rings. The predicted molar refractivity (Wildman–Crippen MR) is 110 cm³/mol. The molecule has 0 bridgehead atoms. The minimum absolute atomic E-state index is 0.0476. The van der Waals surface area contributed by atoms with E-state index in [1.165, 1.54) is 10.8 Å². The minimum Gasteiger partial charge on any atom is -0.414 e. The molecule has 3 unspecified atom stereocenters. The number of azide groups is 1. The second-order valence-corrected chi connectivity index (χ2v) is 13.4. The van der Waals surface area contributed by atoms with Crippen LogP contribution in [0.5, 0.6) is 0 Å². The lowest BCUT2D eigenvalue weighted by atomic mass is 9.99. The molecule has 2 heterocycles. The van der Waals surface area contributed by atoms with E-state index in [0.29, 0.717) is 24.5 Å². The van der Waals surface area contributed by atoms with Crippen LogP contribution in [0.4, 0.5) is 0 Å². The number of rotatable bonds is 7. The van der Waals surface area contributed by atoms with Crippen molar-refractivity contribution in [2.24, 2.45) is 11.0 Å². The maximum absolute atomic E-state index is 12.2. The molecule has 0 spiro atoms. The molecular formula is C18H31N5O4Si. The Morgan fingerprint density at radius 2 is 2.11 bits per heavy atom. The van der Waals surface area contributed by atoms with Gasteiger partial charge in [-0.05, 0) is 36.5 Å². The molecule has 0 amide bonds. The summed E-state index contributed by atoms with van der Waals surface area (Å²) in [6, 6.07) is -0.443. The summed E-state index contributed by atoms with van der Waals surface area (Å²) in [5.41, 5.74) is 8.37. The number of ether oxygens (including phenoxy) is 1. The molecule has 0 saturated carbocycles. The summed E-state index contributed by atoms with van der Waals surface area (Å²) >= 11 is 0. The second kappa shape index (κ2) is 8.24. The van der Waals surface area contributed by atoms with Crippen LogP contribution in [0.15, 0.2) is 20.9 Å². The van der Waals surface area contributed by atoms with Gasteiger partial charge in [0.1, 0.15) is 6.23 Å². The van der Waals surface area contributed by atoms with Crippen molar-refractivity contribution in [2.75, 3.05) is 6.61 Å². The lowest BCUT2D eigenvalue weighted by molar-refractivity contribution is -0.0250. The van der Waals surface area contributed by atoms with Gasteiger partial charge in [0, 0.05) is 23.1 Å². The number of aromatic nitrogens is 2. The first kappa shape index (κ1) is 22.4. The van der Waals surface area contributed by atoms with E-state index < -0.39 is 37.9 Å². The summed E-state index contributed by atoms with van der Waals surface area (Å²) in [5.74, 6) is 0.460. The van der Waals surface area contributed by atoms with Crippen molar-refractivity contribution in [1.29, 1.82) is 0 Å². The smallest absolute Gasteiger partial charge is 0.330 e. The Morgan fingerprint density at radius 3 is 2.68 bits per heavy atom. The van der Waals surface area contributed by atoms with Gasteiger partial charge in [0.15, 0.2) is 8.32 Å². The van der Waals surface area contributed by atoms with Crippen LogP contribution < -0.4 is 11.2 Å². The van der Waals surface area contributed by atoms with Gasteiger partial charge < -0.3 is 9.16 Å². The maximum Gasteiger partial charge on any atom is 0.330 e. The predicted octanol–water partition coefficient (Wildman–Crippen LogP) is 3.47. The van der Waals surface area contributed by atoms with Gasteiger partial charge in [-0.1, -0.05) is 32.8 Å². The summed E-state index contributed by atoms with van der Waals surface area (Å²) in [6.07, 6.45) is 0.756. The lowest BCUT2D eigenvalue weighted by Crippen LogP contribution is -2.47. The summed E-state index contributed by atoms with van der Waals surface area (Å²) in [7, 11) is -2.07. The van der Waals surface area contributed by atoms with E-state index in [-0.39, 0.29) is 5.04 Å². The van der Waals surface area contributed by atoms with Crippen LogP contribution >= 0.6 is 0 Å². The van der Waals surface area contributed by atoms with Crippen LogP contribution in [0.2, 0.25) is 18.1 Å². The average molecular weight is 410 g/mol. The standard InChI is InChI=1S/C18H31N5O4Si/c1-11(2)18(4,5)28(6,7)26-10-14-13(21-22-19)8-15(27-14)23-9-12(3)16(24)20-17(23)25/h9,11,13-15H,8,10H2,1-7H3,(H,20,24,25). The molecule has 3 atom stereocenters. The quantitative estimate of drug-likeness (QED) is 0.320. The number of aryl methyl sites for hydroxylation is 1. The fourth-order valence-corrected chi connectivity index (χ4v) is 5.54. The average Bonchev–Trinajstić information content (AvgIpc) is 2.99. The van der Waals surface area contributed by atoms with E-state index in [1.807, 2.05) is 0 Å². The number of aromatic amines is 1. The topological polar surface area (TPSA) is 122 Å². The maximum atomic E-state index is 12.2. The molecule has 0 aromatic carbocycles. The third kappa shape index (κ3) is 4.40. The highest BCUT2D eigenvalue weighted by molar-refractivity contribution is 6.74. The van der Waals surface area contributed by atoms with Crippen LogP contribution in [-0.2, 0) is 9.16 Å². The highest BCUT2D eigenvalue weighted by atomic mass is 28.4. The zero-order valence-electron chi connectivity index (χ0n) is 17.7. The van der Waals surface area contributed by atoms with Crippen molar-refractivity contribution in [3.05, 3.63) is 43.0 Å². The second-order valence-electron chi connectivity index (χ2n) is 8.81. The first-order valence-electron chi connectivity index (χ1n) is 9.56. The Labute approximate surface area is 165 Å². The monoisotopic (exact) mass is 409 g/mol. The van der Waals surface area contributed by atoms with Crippen LogP contribution in [-0.4, -0.2) is 36.6 Å². The van der Waals surface area contributed by atoms with Crippen LogP contribution in [0.1, 0.15) is 45.9 Å². The van der Waals surface area contributed by atoms with Crippen molar-refractivity contribution in [3.8, 4) is 0 Å². The van der Waals surface area contributed by atoms with E-state index >= 15 is 0 Å². The Bertz CT molecular complexity index is 869. The zero-order chi connectivity index (χ0) is 21.3. The fraction of sp³-hybridized carbons (Fsp3) is 0.778. The highest BCUT2D eigenvalue weighted by Crippen LogP contribution is 2.45. The number of hydrogen-bond donors (Lipinski definition) is 1. The van der Waals surface area contributed by atoms with E-state index in [0.717, 1.165) is 0 Å². The molecule has 9 nitrogen and oxygen atoms in total. The Hall–Kier alpha value is -1.87. The van der Waals surface area contributed by atoms with Gasteiger partial charge in [-0.25, -0.2) is 4.79 Å². The van der Waals surface area contributed by atoms with E-state index in [1.54, 1.807) is 6.92 Å². The Morgan fingerprint density at radius 1 is 1.46 bits per heavy atom. The van der Waals surface area contributed by atoms with Crippen molar-refractivity contribution in [3.63, 3.8) is 0 Å². The first-order valence-corrected chi connectivity index (χ1v) is 12.5. The normalized spacial score (nSPS) is 23.1. The SMILES string of the molecule is Cc1cn(C2CC(N=[N+]=[N-])C(CO[Si](C)(C)C(C)(C)C(C)C)O2)c(=O)[nH]c1=O. The first-order chi connectivity index (χ1) is 12.9. The Kier molecular flexibility index (Phi) is 6.60. The molecule has 1 aromatic rings. The van der Waals surface area contributed by atoms with Gasteiger partial charge in [-0.15, -0.1) is 0 Å². The van der Waals surface area contributed by atoms with Gasteiger partial charge >= 0.3 is 5.69 Å².